The van der Waals surface area contributed by atoms with E-state index in [-0.39, 0.29) is 5.91 Å². The molecule has 0 saturated carbocycles. The molecule has 1 N–H and O–H groups in total. The number of halogens is 1. The topological polar surface area (TPSA) is 42.0 Å². The molecule has 0 aliphatic carbocycles. The van der Waals surface area contributed by atoms with Gasteiger partial charge in [-0.15, -0.1) is 0 Å². The zero-order valence-electron chi connectivity index (χ0n) is 8.53. The van der Waals surface area contributed by atoms with E-state index in [9.17, 15) is 4.79 Å². The van der Waals surface area contributed by atoms with Gasteiger partial charge < -0.3 is 5.32 Å². The quantitative estimate of drug-likeness (QED) is 0.921. The average Bonchev–Trinajstić information content (AvgIpc) is 2.60. The molecule has 1 heterocycles. The molecule has 0 atom stereocenters. The van der Waals surface area contributed by atoms with Gasteiger partial charge in [0.05, 0.1) is 9.48 Å². The van der Waals surface area contributed by atoms with Gasteiger partial charge in [-0.3, -0.25) is 4.79 Å². The molecule has 2 rings (SSSR count). The minimum Gasteiger partial charge on any atom is -0.302 e. The first-order valence-electron chi connectivity index (χ1n) is 4.66. The highest BCUT2D eigenvalue weighted by Crippen LogP contribution is 2.35. The summed E-state index contributed by atoms with van der Waals surface area (Å²) < 4.78 is 0.919. The number of amides is 1. The van der Waals surface area contributed by atoms with Crippen LogP contribution in [-0.2, 0) is 4.79 Å². The molecule has 0 saturated heterocycles. The van der Waals surface area contributed by atoms with Crippen LogP contribution in [0.15, 0.2) is 34.1 Å². The summed E-state index contributed by atoms with van der Waals surface area (Å²) in [6.07, 6.45) is 0. The molecule has 0 unspecified atom stereocenters. The minimum atomic E-state index is -0.110. The van der Waals surface area contributed by atoms with Crippen LogP contribution < -0.4 is 5.32 Å². The van der Waals surface area contributed by atoms with E-state index in [1.165, 1.54) is 18.3 Å². The molecule has 0 radical (unpaired) electrons. The third-order valence-corrected chi connectivity index (χ3v) is 3.54. The summed E-state index contributed by atoms with van der Waals surface area (Å²) in [6.45, 7) is 1.47. The van der Waals surface area contributed by atoms with Gasteiger partial charge in [-0.25, -0.2) is 4.98 Å². The molecule has 2 aromatic rings. The largest absolute Gasteiger partial charge is 0.302 e. The number of hydrogen-bond acceptors (Lipinski definition) is 3. The second-order valence-electron chi connectivity index (χ2n) is 3.19. The summed E-state index contributed by atoms with van der Waals surface area (Å²) in [5, 5.41) is 3.28. The van der Waals surface area contributed by atoms with Gasteiger partial charge in [0.25, 0.3) is 0 Å². The Hall–Kier alpha value is -1.20. The molecule has 16 heavy (non-hydrogen) atoms. The Morgan fingerprint density at radius 2 is 2.06 bits per heavy atom. The van der Waals surface area contributed by atoms with Crippen LogP contribution in [0.1, 0.15) is 6.92 Å². The molecule has 1 aromatic carbocycles. The Morgan fingerprint density at radius 3 is 2.69 bits per heavy atom. The van der Waals surface area contributed by atoms with Crippen molar-refractivity contribution in [1.29, 1.82) is 0 Å². The lowest BCUT2D eigenvalue weighted by Crippen LogP contribution is -2.04. The maximum Gasteiger partial charge on any atom is 0.223 e. The Morgan fingerprint density at radius 1 is 1.38 bits per heavy atom. The molecule has 0 aliphatic rings. The molecule has 1 amide bonds. The Labute approximate surface area is 106 Å². The van der Waals surface area contributed by atoms with E-state index in [2.05, 4.69) is 26.2 Å². The number of rotatable bonds is 2. The highest BCUT2D eigenvalue weighted by molar-refractivity contribution is 9.11. The van der Waals surface area contributed by atoms with Crippen molar-refractivity contribution in [3.63, 3.8) is 0 Å². The van der Waals surface area contributed by atoms with Crippen molar-refractivity contribution in [2.75, 3.05) is 5.32 Å². The number of nitrogens with one attached hydrogen (secondary N) is 1. The average molecular weight is 297 g/mol. The maximum atomic E-state index is 10.9. The van der Waals surface area contributed by atoms with Gasteiger partial charge in [-0.05, 0) is 15.9 Å². The van der Waals surface area contributed by atoms with Crippen molar-refractivity contribution in [3.8, 4) is 11.3 Å². The maximum absolute atomic E-state index is 10.9. The van der Waals surface area contributed by atoms with Crippen LogP contribution in [0.2, 0.25) is 0 Å². The van der Waals surface area contributed by atoms with E-state index < -0.39 is 0 Å². The van der Waals surface area contributed by atoms with Crippen molar-refractivity contribution in [2.24, 2.45) is 0 Å². The molecule has 5 heteroatoms. The summed E-state index contributed by atoms with van der Waals surface area (Å²) >= 11 is 4.86. The van der Waals surface area contributed by atoms with Crippen molar-refractivity contribution < 1.29 is 4.79 Å². The van der Waals surface area contributed by atoms with E-state index >= 15 is 0 Å². The second kappa shape index (κ2) is 4.76. The van der Waals surface area contributed by atoms with Crippen molar-refractivity contribution in [2.45, 2.75) is 6.92 Å². The predicted molar refractivity (Wildman–Crippen MR) is 69.6 cm³/mol. The standard InChI is InChI=1S/C11H9BrN2OS/c1-7(15)13-11-14-9(10(12)16-11)8-5-3-2-4-6-8/h2-6H,1H3,(H,13,14,15). The summed E-state index contributed by atoms with van der Waals surface area (Å²) in [7, 11) is 0. The van der Waals surface area contributed by atoms with Crippen LogP contribution in [0, 0.1) is 0 Å². The molecule has 3 nitrogen and oxygen atoms in total. The highest BCUT2D eigenvalue weighted by Gasteiger charge is 2.11. The Balaban J connectivity index is 2.36. The summed E-state index contributed by atoms with van der Waals surface area (Å²) in [5.74, 6) is -0.110. The van der Waals surface area contributed by atoms with E-state index in [0.717, 1.165) is 15.0 Å². The molecule has 0 bridgehead atoms. The Bertz CT molecular complexity index is 510. The first-order chi connectivity index (χ1) is 7.66. The zero-order chi connectivity index (χ0) is 11.5. The van der Waals surface area contributed by atoms with Crippen LogP contribution in [-0.4, -0.2) is 10.9 Å². The monoisotopic (exact) mass is 296 g/mol. The van der Waals surface area contributed by atoms with Gasteiger partial charge in [0.1, 0.15) is 0 Å². The van der Waals surface area contributed by atoms with E-state index in [4.69, 9.17) is 0 Å². The van der Waals surface area contributed by atoms with E-state index in [1.54, 1.807) is 0 Å². The number of anilines is 1. The number of nitrogens with zero attached hydrogens (tertiary/aromatic N) is 1. The summed E-state index contributed by atoms with van der Waals surface area (Å²) in [4.78, 5) is 15.3. The third-order valence-electron chi connectivity index (χ3n) is 1.92. The first-order valence-corrected chi connectivity index (χ1v) is 6.27. The number of aromatic nitrogens is 1. The fourth-order valence-electron chi connectivity index (χ4n) is 1.28. The number of carbonyl (C=O) groups is 1. The predicted octanol–water partition coefficient (Wildman–Crippen LogP) is 3.53. The van der Waals surface area contributed by atoms with Gasteiger partial charge in [-0.1, -0.05) is 41.7 Å². The lowest BCUT2D eigenvalue weighted by molar-refractivity contribution is -0.114. The molecule has 0 spiro atoms. The van der Waals surface area contributed by atoms with Crippen molar-refractivity contribution >= 4 is 38.3 Å². The summed E-state index contributed by atoms with van der Waals surface area (Å²) in [6, 6.07) is 9.84. The fourth-order valence-corrected chi connectivity index (χ4v) is 2.82. The summed E-state index contributed by atoms with van der Waals surface area (Å²) in [5.41, 5.74) is 1.89. The van der Waals surface area contributed by atoms with Gasteiger partial charge in [-0.2, -0.15) is 0 Å². The Kier molecular flexibility index (Phi) is 3.36. The van der Waals surface area contributed by atoms with Gasteiger partial charge in [0, 0.05) is 12.5 Å². The molecule has 1 aromatic heterocycles. The first kappa shape index (κ1) is 11.3. The molecular weight excluding hydrogens is 288 g/mol. The number of benzene rings is 1. The second-order valence-corrected chi connectivity index (χ2v) is 5.51. The van der Waals surface area contributed by atoms with Crippen LogP contribution >= 0.6 is 27.3 Å². The lowest BCUT2D eigenvalue weighted by Gasteiger charge is -1.96. The van der Waals surface area contributed by atoms with Crippen LogP contribution in [0.4, 0.5) is 5.13 Å². The SMILES string of the molecule is CC(=O)Nc1nc(-c2ccccc2)c(Br)s1. The third kappa shape index (κ3) is 2.48. The lowest BCUT2D eigenvalue weighted by atomic mass is 10.2. The fraction of sp³-hybridized carbons (Fsp3) is 0.0909. The molecule has 82 valence electrons. The van der Waals surface area contributed by atoms with Crippen molar-refractivity contribution in [1.82, 2.24) is 4.98 Å². The normalized spacial score (nSPS) is 10.1. The molecule has 0 aliphatic heterocycles. The molecule has 0 fully saturated rings. The minimum absolute atomic E-state index is 0.110. The van der Waals surface area contributed by atoms with Gasteiger partial charge in [0.15, 0.2) is 5.13 Å². The zero-order valence-corrected chi connectivity index (χ0v) is 10.9. The van der Waals surface area contributed by atoms with Crippen LogP contribution in [0.25, 0.3) is 11.3 Å². The van der Waals surface area contributed by atoms with Gasteiger partial charge >= 0.3 is 0 Å². The highest BCUT2D eigenvalue weighted by atomic mass is 79.9. The van der Waals surface area contributed by atoms with Crippen LogP contribution in [0.5, 0.6) is 0 Å². The number of carbonyl (C=O) groups excluding carboxylic acids is 1. The smallest absolute Gasteiger partial charge is 0.223 e. The van der Waals surface area contributed by atoms with E-state index in [0.29, 0.717) is 5.13 Å². The molecular formula is C11H9BrN2OS. The number of hydrogen-bond donors (Lipinski definition) is 1. The van der Waals surface area contributed by atoms with Gasteiger partial charge in [0.2, 0.25) is 5.91 Å². The van der Waals surface area contributed by atoms with E-state index in [1.807, 2.05) is 30.3 Å². The number of thiazole rings is 1. The van der Waals surface area contributed by atoms with Crippen molar-refractivity contribution in [3.05, 3.63) is 34.1 Å². The van der Waals surface area contributed by atoms with Crippen LogP contribution in [0.3, 0.4) is 0 Å².